The van der Waals surface area contributed by atoms with E-state index in [0.29, 0.717) is 41.7 Å². The van der Waals surface area contributed by atoms with Gasteiger partial charge < -0.3 is 19.0 Å². The Morgan fingerprint density at radius 2 is 1.92 bits per heavy atom. The molecule has 1 aliphatic rings. The summed E-state index contributed by atoms with van der Waals surface area (Å²) in [6.45, 7) is 11.6. The van der Waals surface area contributed by atoms with Crippen molar-refractivity contribution in [3.05, 3.63) is 62.8 Å². The van der Waals surface area contributed by atoms with Crippen LogP contribution in [0.5, 0.6) is 17.2 Å². The zero-order valence-corrected chi connectivity index (χ0v) is 21.9. The fourth-order valence-electron chi connectivity index (χ4n) is 4.64. The van der Waals surface area contributed by atoms with Crippen LogP contribution in [0.15, 0.2) is 50.7 Å². The lowest BCUT2D eigenvalue weighted by molar-refractivity contribution is -0.131. The van der Waals surface area contributed by atoms with Crippen molar-refractivity contribution in [3.63, 3.8) is 0 Å². The maximum Gasteiger partial charge on any atom is 0.308 e. The second-order valence-corrected chi connectivity index (χ2v) is 10.5. The van der Waals surface area contributed by atoms with Crippen LogP contribution in [0.3, 0.4) is 0 Å². The number of phenols is 1. The average molecular weight is 491 g/mol. The van der Waals surface area contributed by atoms with Crippen molar-refractivity contribution in [2.75, 3.05) is 0 Å². The number of aromatic hydroxyl groups is 1. The van der Waals surface area contributed by atoms with Crippen LogP contribution in [-0.2, 0) is 17.6 Å². The lowest BCUT2D eigenvalue weighted by Crippen LogP contribution is -2.33. The van der Waals surface area contributed by atoms with E-state index >= 15 is 0 Å². The molecule has 2 aromatic carbocycles. The summed E-state index contributed by atoms with van der Waals surface area (Å²) in [5.74, 6) is 0.269. The van der Waals surface area contributed by atoms with Gasteiger partial charge in [0.1, 0.15) is 39.4 Å². The van der Waals surface area contributed by atoms with Gasteiger partial charge in [-0.3, -0.25) is 9.59 Å². The van der Waals surface area contributed by atoms with E-state index in [4.69, 9.17) is 13.9 Å². The third-order valence-corrected chi connectivity index (χ3v) is 6.57. The van der Waals surface area contributed by atoms with Crippen LogP contribution in [0.4, 0.5) is 0 Å². The predicted octanol–water partition coefficient (Wildman–Crippen LogP) is 6.92. The Morgan fingerprint density at radius 1 is 1.17 bits per heavy atom. The number of carbonyl (C=O) groups excluding carboxylic acids is 1. The highest BCUT2D eigenvalue weighted by molar-refractivity contribution is 5.97. The molecule has 1 N–H and O–H groups in total. The van der Waals surface area contributed by atoms with E-state index in [1.165, 1.54) is 24.1 Å². The summed E-state index contributed by atoms with van der Waals surface area (Å²) in [5.41, 5.74) is 3.83. The minimum Gasteiger partial charge on any atom is -0.507 e. The molecule has 0 spiro atoms. The zero-order chi connectivity index (χ0) is 26.2. The molecule has 0 bridgehead atoms. The summed E-state index contributed by atoms with van der Waals surface area (Å²) in [6.07, 6.45) is 8.07. The molecule has 0 atom stereocenters. The molecule has 36 heavy (non-hydrogen) atoms. The highest BCUT2D eigenvalue weighted by Gasteiger charge is 2.33. The fourth-order valence-corrected chi connectivity index (χ4v) is 4.64. The summed E-state index contributed by atoms with van der Waals surface area (Å²) in [5, 5.41) is 11.6. The third-order valence-electron chi connectivity index (χ3n) is 6.57. The summed E-state index contributed by atoms with van der Waals surface area (Å²) in [6, 6.07) is 4.68. The average Bonchev–Trinajstić information content (AvgIpc) is 2.78. The minimum absolute atomic E-state index is 0.1000. The van der Waals surface area contributed by atoms with Gasteiger partial charge in [-0.05, 0) is 84.9 Å². The van der Waals surface area contributed by atoms with Gasteiger partial charge in [-0.2, -0.15) is 0 Å². The molecule has 3 aromatic rings. The molecule has 190 valence electrons. The first-order valence-corrected chi connectivity index (χ1v) is 12.4. The summed E-state index contributed by atoms with van der Waals surface area (Å²) in [4.78, 5) is 25.0. The number of esters is 1. The van der Waals surface area contributed by atoms with Gasteiger partial charge in [-0.15, -0.1) is 0 Å². The normalized spacial score (nSPS) is 14.9. The van der Waals surface area contributed by atoms with Crippen LogP contribution < -0.4 is 14.9 Å². The van der Waals surface area contributed by atoms with E-state index < -0.39 is 11.6 Å². The van der Waals surface area contributed by atoms with Crippen molar-refractivity contribution in [2.24, 2.45) is 0 Å². The van der Waals surface area contributed by atoms with E-state index in [1.54, 1.807) is 12.1 Å². The van der Waals surface area contributed by atoms with E-state index in [2.05, 4.69) is 32.9 Å². The second-order valence-electron chi connectivity index (χ2n) is 10.5. The second kappa shape index (κ2) is 9.84. The number of fused-ring (bicyclic) bond motifs is 3. The SMILES string of the molecule is CC(=O)Oc1ccc2oc3c(C/C=C(\C)CCC=C(C)C)c4c(c(O)c3c(=O)c2c1)CCC(C)(C)O4. The Kier molecular flexibility index (Phi) is 6.98. The molecule has 0 saturated carbocycles. The lowest BCUT2D eigenvalue weighted by Gasteiger charge is -2.34. The van der Waals surface area contributed by atoms with Crippen molar-refractivity contribution >= 4 is 27.9 Å². The molecular formula is C30H34O6. The number of allylic oxidation sites excluding steroid dienone is 4. The monoisotopic (exact) mass is 490 g/mol. The molecule has 1 aromatic heterocycles. The zero-order valence-electron chi connectivity index (χ0n) is 21.9. The lowest BCUT2D eigenvalue weighted by atomic mass is 9.89. The van der Waals surface area contributed by atoms with Gasteiger partial charge in [-0.1, -0.05) is 23.3 Å². The highest BCUT2D eigenvalue weighted by atomic mass is 16.5. The Balaban J connectivity index is 1.92. The Labute approximate surface area is 211 Å². The smallest absolute Gasteiger partial charge is 0.308 e. The van der Waals surface area contributed by atoms with Crippen LogP contribution >= 0.6 is 0 Å². The minimum atomic E-state index is -0.481. The van der Waals surface area contributed by atoms with Gasteiger partial charge in [0.2, 0.25) is 5.43 Å². The molecule has 6 heteroatoms. The predicted molar refractivity (Wildman–Crippen MR) is 142 cm³/mol. The van der Waals surface area contributed by atoms with Crippen LogP contribution in [0.2, 0.25) is 0 Å². The number of carbonyl (C=O) groups is 1. The van der Waals surface area contributed by atoms with Crippen molar-refractivity contribution in [1.29, 1.82) is 0 Å². The first-order valence-electron chi connectivity index (χ1n) is 12.4. The molecule has 0 amide bonds. The first kappa shape index (κ1) is 25.5. The molecule has 0 radical (unpaired) electrons. The van der Waals surface area contributed by atoms with Crippen molar-refractivity contribution < 1.29 is 23.8 Å². The van der Waals surface area contributed by atoms with Crippen LogP contribution in [0.1, 0.15) is 71.9 Å². The molecule has 0 unspecified atom stereocenters. The summed E-state index contributed by atoms with van der Waals surface area (Å²) >= 11 is 0. The maximum atomic E-state index is 13.6. The van der Waals surface area contributed by atoms with Crippen molar-refractivity contribution in [3.8, 4) is 17.2 Å². The van der Waals surface area contributed by atoms with Crippen LogP contribution in [0, 0.1) is 0 Å². The van der Waals surface area contributed by atoms with Crippen molar-refractivity contribution in [2.45, 2.75) is 79.2 Å². The number of phenolic OH excluding ortho intramolecular Hbond substituents is 1. The van der Waals surface area contributed by atoms with Crippen LogP contribution in [0.25, 0.3) is 21.9 Å². The van der Waals surface area contributed by atoms with Crippen molar-refractivity contribution in [1.82, 2.24) is 0 Å². The van der Waals surface area contributed by atoms with E-state index in [1.807, 2.05) is 13.8 Å². The van der Waals surface area contributed by atoms with E-state index in [-0.39, 0.29) is 27.7 Å². The van der Waals surface area contributed by atoms with Gasteiger partial charge >= 0.3 is 5.97 Å². The molecular weight excluding hydrogens is 456 g/mol. The Bertz CT molecular complexity index is 1460. The van der Waals surface area contributed by atoms with Gasteiger partial charge in [0.15, 0.2) is 0 Å². The molecule has 1 aliphatic heterocycles. The van der Waals surface area contributed by atoms with Gasteiger partial charge in [0.05, 0.1) is 5.39 Å². The number of ether oxygens (including phenoxy) is 2. The third kappa shape index (κ3) is 5.18. The molecule has 0 fully saturated rings. The van der Waals surface area contributed by atoms with Gasteiger partial charge in [0.25, 0.3) is 0 Å². The number of hydrogen-bond donors (Lipinski definition) is 1. The largest absolute Gasteiger partial charge is 0.507 e. The molecule has 6 nitrogen and oxygen atoms in total. The van der Waals surface area contributed by atoms with E-state index in [9.17, 15) is 14.7 Å². The summed E-state index contributed by atoms with van der Waals surface area (Å²) < 4.78 is 17.8. The summed E-state index contributed by atoms with van der Waals surface area (Å²) in [7, 11) is 0. The molecule has 0 aliphatic carbocycles. The Hall–Kier alpha value is -3.54. The maximum absolute atomic E-state index is 13.6. The fraction of sp³-hybridized carbons (Fsp3) is 0.400. The standard InChI is InChI=1S/C30H34O6/c1-17(2)8-7-9-18(3)10-12-22-28-21(14-15-30(5,6)36-28)26(32)25-27(33)23-16-20(34-19(4)31)11-13-24(23)35-29(22)25/h8,10-11,13,16,32H,7,9,12,14-15H2,1-6H3/b18-10+. The Morgan fingerprint density at radius 3 is 2.61 bits per heavy atom. The quantitative estimate of drug-likeness (QED) is 0.175. The number of benzene rings is 2. The topological polar surface area (TPSA) is 86.0 Å². The molecule has 4 rings (SSSR count). The number of rotatable bonds is 6. The number of hydrogen-bond acceptors (Lipinski definition) is 6. The van der Waals surface area contributed by atoms with E-state index in [0.717, 1.165) is 18.4 Å². The van der Waals surface area contributed by atoms with Gasteiger partial charge in [-0.25, -0.2) is 0 Å². The molecule has 0 saturated heterocycles. The molecule has 2 heterocycles. The van der Waals surface area contributed by atoms with Gasteiger partial charge in [0, 0.05) is 18.1 Å². The first-order chi connectivity index (χ1) is 17.0. The highest BCUT2D eigenvalue weighted by Crippen LogP contribution is 2.46. The van der Waals surface area contributed by atoms with Crippen LogP contribution in [-0.4, -0.2) is 16.7 Å².